The molecule has 100 valence electrons. The van der Waals surface area contributed by atoms with E-state index in [-0.39, 0.29) is 12.5 Å². The number of nitrogens with zero attached hydrogens (tertiary/aromatic N) is 3. The van der Waals surface area contributed by atoms with Crippen molar-refractivity contribution in [3.05, 3.63) is 39.4 Å². The lowest BCUT2D eigenvalue weighted by Crippen LogP contribution is -2.23. The molecule has 0 spiro atoms. The highest BCUT2D eigenvalue weighted by molar-refractivity contribution is 7.17. The fourth-order valence-electron chi connectivity index (χ4n) is 1.41. The summed E-state index contributed by atoms with van der Waals surface area (Å²) < 4.78 is 0.594. The monoisotopic (exact) mass is 296 g/mol. The maximum atomic E-state index is 11.8. The molecular formula is C12H13ClN4OS. The number of amides is 1. The molecule has 0 bridgehead atoms. The first-order chi connectivity index (χ1) is 9.06. The summed E-state index contributed by atoms with van der Waals surface area (Å²) in [6.07, 6.45) is 1.67. The molecule has 19 heavy (non-hydrogen) atoms. The Labute approximate surface area is 120 Å². The van der Waals surface area contributed by atoms with Gasteiger partial charge in [-0.3, -0.25) is 4.79 Å². The molecule has 0 aromatic carbocycles. The molecule has 0 aliphatic rings. The Morgan fingerprint density at radius 3 is 2.84 bits per heavy atom. The first-order valence-electron chi connectivity index (χ1n) is 5.59. The van der Waals surface area contributed by atoms with Crippen LogP contribution >= 0.6 is 22.9 Å². The first kappa shape index (κ1) is 13.8. The average Bonchev–Trinajstić information content (AvgIpc) is 2.83. The molecule has 0 aliphatic carbocycles. The summed E-state index contributed by atoms with van der Waals surface area (Å²) in [4.78, 5) is 22.7. The second kappa shape index (κ2) is 5.99. The fourth-order valence-corrected chi connectivity index (χ4v) is 2.36. The number of aromatic nitrogens is 2. The average molecular weight is 297 g/mol. The van der Waals surface area contributed by atoms with Crippen molar-refractivity contribution >= 4 is 34.7 Å². The Morgan fingerprint density at radius 2 is 2.21 bits per heavy atom. The van der Waals surface area contributed by atoms with Crippen molar-refractivity contribution in [3.63, 3.8) is 0 Å². The van der Waals surface area contributed by atoms with Gasteiger partial charge < -0.3 is 10.2 Å². The molecule has 1 N–H and O–H groups in total. The second-order valence-corrected chi connectivity index (χ2v) is 5.73. The van der Waals surface area contributed by atoms with Gasteiger partial charge in [0.05, 0.1) is 15.8 Å². The number of rotatable bonds is 4. The van der Waals surface area contributed by atoms with Crippen molar-refractivity contribution < 1.29 is 4.79 Å². The van der Waals surface area contributed by atoms with E-state index >= 15 is 0 Å². The largest absolute Gasteiger partial charge is 0.363 e. The summed E-state index contributed by atoms with van der Waals surface area (Å²) in [5, 5.41) is 2.76. The van der Waals surface area contributed by atoms with Gasteiger partial charge in [0.15, 0.2) is 0 Å². The normalized spacial score (nSPS) is 10.3. The molecule has 2 heterocycles. The van der Waals surface area contributed by atoms with Crippen LogP contribution in [-0.2, 0) is 6.54 Å². The molecule has 5 nitrogen and oxygen atoms in total. The van der Waals surface area contributed by atoms with Gasteiger partial charge in [-0.1, -0.05) is 11.6 Å². The summed E-state index contributed by atoms with van der Waals surface area (Å²) in [6.45, 7) is 0.288. The third-order valence-electron chi connectivity index (χ3n) is 2.35. The Kier molecular flexibility index (Phi) is 4.34. The van der Waals surface area contributed by atoms with Crippen molar-refractivity contribution in [2.75, 3.05) is 19.0 Å². The van der Waals surface area contributed by atoms with Crippen LogP contribution in [0.25, 0.3) is 0 Å². The van der Waals surface area contributed by atoms with E-state index in [1.807, 2.05) is 25.1 Å². The lowest BCUT2D eigenvalue weighted by molar-refractivity contribution is 0.0954. The highest BCUT2D eigenvalue weighted by Crippen LogP contribution is 2.21. The summed E-state index contributed by atoms with van der Waals surface area (Å²) in [7, 11) is 3.80. The lowest BCUT2D eigenvalue weighted by atomic mass is 10.4. The zero-order valence-corrected chi connectivity index (χ0v) is 12.1. The van der Waals surface area contributed by atoms with Gasteiger partial charge in [0, 0.05) is 20.3 Å². The molecule has 0 unspecified atom stereocenters. The van der Waals surface area contributed by atoms with Crippen LogP contribution in [0.1, 0.15) is 15.5 Å². The van der Waals surface area contributed by atoms with E-state index in [2.05, 4.69) is 15.3 Å². The van der Waals surface area contributed by atoms with Crippen LogP contribution in [-0.4, -0.2) is 30.0 Å². The van der Waals surface area contributed by atoms with Crippen LogP contribution in [0.4, 0.5) is 5.82 Å². The molecule has 7 heteroatoms. The molecule has 0 atom stereocenters. The van der Waals surface area contributed by atoms with E-state index in [4.69, 9.17) is 11.6 Å². The molecule has 0 radical (unpaired) electrons. The van der Waals surface area contributed by atoms with Crippen LogP contribution in [0.2, 0.25) is 4.34 Å². The van der Waals surface area contributed by atoms with Gasteiger partial charge in [-0.2, -0.15) is 0 Å². The van der Waals surface area contributed by atoms with Gasteiger partial charge in [-0.05, 0) is 18.2 Å². The van der Waals surface area contributed by atoms with E-state index in [1.165, 1.54) is 11.3 Å². The fraction of sp³-hybridized carbons (Fsp3) is 0.250. The number of carbonyl (C=O) groups excluding carboxylic acids is 1. The van der Waals surface area contributed by atoms with Gasteiger partial charge in [0.25, 0.3) is 5.91 Å². The van der Waals surface area contributed by atoms with Crippen molar-refractivity contribution in [2.45, 2.75) is 6.54 Å². The first-order valence-corrected chi connectivity index (χ1v) is 6.78. The number of anilines is 1. The van der Waals surface area contributed by atoms with Gasteiger partial charge in [-0.15, -0.1) is 11.3 Å². The molecule has 0 saturated heterocycles. The molecule has 2 aromatic rings. The van der Waals surface area contributed by atoms with E-state index in [9.17, 15) is 4.79 Å². The van der Waals surface area contributed by atoms with Crippen LogP contribution in [0.3, 0.4) is 0 Å². The lowest BCUT2D eigenvalue weighted by Gasteiger charge is -2.11. The standard InChI is InChI=1S/C12H13ClN4OS/c1-17(2)11-5-6-14-10(16-11)7-15-12(18)8-3-4-9(13)19-8/h3-6H,7H2,1-2H3,(H,15,18). The minimum Gasteiger partial charge on any atom is -0.363 e. The molecule has 1 amide bonds. The Bertz CT molecular complexity index is 585. The Hall–Kier alpha value is -1.66. The quantitative estimate of drug-likeness (QED) is 0.939. The summed E-state index contributed by atoms with van der Waals surface area (Å²) in [5.74, 6) is 1.20. The van der Waals surface area contributed by atoms with Gasteiger partial charge in [0.1, 0.15) is 11.6 Å². The molecule has 0 fully saturated rings. The number of nitrogens with one attached hydrogen (secondary N) is 1. The summed E-state index contributed by atoms with van der Waals surface area (Å²) in [6, 6.07) is 5.20. The van der Waals surface area contributed by atoms with E-state index in [1.54, 1.807) is 18.3 Å². The summed E-state index contributed by atoms with van der Waals surface area (Å²) in [5.41, 5.74) is 0. The van der Waals surface area contributed by atoms with Crippen LogP contribution in [0, 0.1) is 0 Å². The minimum atomic E-state index is -0.171. The Morgan fingerprint density at radius 1 is 1.42 bits per heavy atom. The van der Waals surface area contributed by atoms with Crippen LogP contribution < -0.4 is 10.2 Å². The molecule has 0 aliphatic heterocycles. The van der Waals surface area contributed by atoms with Gasteiger partial charge >= 0.3 is 0 Å². The number of thiophene rings is 1. The van der Waals surface area contributed by atoms with E-state index < -0.39 is 0 Å². The molecule has 2 rings (SSSR count). The number of halogens is 1. The summed E-state index contributed by atoms with van der Waals surface area (Å²) >= 11 is 7.03. The predicted molar refractivity (Wildman–Crippen MR) is 76.9 cm³/mol. The number of carbonyl (C=O) groups is 1. The Balaban J connectivity index is 1.99. The third-order valence-corrected chi connectivity index (χ3v) is 3.58. The highest BCUT2D eigenvalue weighted by atomic mass is 35.5. The molecular weight excluding hydrogens is 284 g/mol. The predicted octanol–water partition coefficient (Wildman–Crippen LogP) is 2.19. The molecule has 0 saturated carbocycles. The zero-order valence-electron chi connectivity index (χ0n) is 10.6. The van der Waals surface area contributed by atoms with E-state index in [0.717, 1.165) is 5.82 Å². The van der Waals surface area contributed by atoms with Crippen molar-refractivity contribution in [3.8, 4) is 0 Å². The van der Waals surface area contributed by atoms with Crippen LogP contribution in [0.15, 0.2) is 24.4 Å². The van der Waals surface area contributed by atoms with E-state index in [0.29, 0.717) is 15.0 Å². The zero-order chi connectivity index (χ0) is 13.8. The van der Waals surface area contributed by atoms with Crippen LogP contribution in [0.5, 0.6) is 0 Å². The SMILES string of the molecule is CN(C)c1ccnc(CNC(=O)c2ccc(Cl)s2)n1. The smallest absolute Gasteiger partial charge is 0.261 e. The maximum absolute atomic E-state index is 11.8. The third kappa shape index (κ3) is 3.65. The highest BCUT2D eigenvalue weighted by Gasteiger charge is 2.09. The second-order valence-electron chi connectivity index (χ2n) is 4.01. The van der Waals surface area contributed by atoms with Crippen molar-refractivity contribution in [1.29, 1.82) is 0 Å². The van der Waals surface area contributed by atoms with Crippen molar-refractivity contribution in [1.82, 2.24) is 15.3 Å². The topological polar surface area (TPSA) is 58.1 Å². The van der Waals surface area contributed by atoms with Crippen molar-refractivity contribution in [2.24, 2.45) is 0 Å². The maximum Gasteiger partial charge on any atom is 0.261 e. The molecule has 2 aromatic heterocycles. The number of hydrogen-bond acceptors (Lipinski definition) is 5. The number of hydrogen-bond donors (Lipinski definition) is 1. The van der Waals surface area contributed by atoms with Gasteiger partial charge in [-0.25, -0.2) is 9.97 Å². The van der Waals surface area contributed by atoms with Gasteiger partial charge in [0.2, 0.25) is 0 Å². The minimum absolute atomic E-state index is 0.171.